The van der Waals surface area contributed by atoms with Crippen molar-refractivity contribution < 1.29 is 4.79 Å². The largest absolute Gasteiger partial charge is 0.323 e. The molecule has 1 aromatic rings. The number of benzene rings is 1. The van der Waals surface area contributed by atoms with Gasteiger partial charge >= 0.3 is 0 Å². The molecule has 1 saturated carbocycles. The van der Waals surface area contributed by atoms with E-state index in [1.165, 1.54) is 25.7 Å². The summed E-state index contributed by atoms with van der Waals surface area (Å²) in [5.74, 6) is 0.698. The van der Waals surface area contributed by atoms with Crippen LogP contribution in [0.15, 0.2) is 22.7 Å². The van der Waals surface area contributed by atoms with Crippen LogP contribution in [0.25, 0.3) is 0 Å². The van der Waals surface area contributed by atoms with E-state index < -0.39 is 0 Å². The number of fused-ring (bicyclic) bond motifs is 1. The van der Waals surface area contributed by atoms with Crippen LogP contribution in [0, 0.1) is 5.92 Å². The number of nitrogens with one attached hydrogen (secondary N) is 2. The SMILES string of the molecule is O=C(Nc1ccc(Br)cc1Cl)C1CC2CCCCC2N1. The molecule has 1 amide bonds. The molecular weight excluding hydrogens is 340 g/mol. The van der Waals surface area contributed by atoms with Crippen LogP contribution in [0.3, 0.4) is 0 Å². The zero-order chi connectivity index (χ0) is 14.1. The Hall–Kier alpha value is -0.580. The predicted molar refractivity (Wildman–Crippen MR) is 85.1 cm³/mol. The molecule has 1 aliphatic carbocycles. The lowest BCUT2D eigenvalue weighted by atomic mass is 9.85. The third-order valence-corrected chi connectivity index (χ3v) is 5.17. The van der Waals surface area contributed by atoms with Gasteiger partial charge < -0.3 is 10.6 Å². The number of amides is 1. The van der Waals surface area contributed by atoms with Crippen molar-refractivity contribution in [2.45, 2.75) is 44.2 Å². The molecule has 0 bridgehead atoms. The summed E-state index contributed by atoms with van der Waals surface area (Å²) in [5.41, 5.74) is 0.677. The molecule has 108 valence electrons. The van der Waals surface area contributed by atoms with Gasteiger partial charge in [-0.1, -0.05) is 40.4 Å². The topological polar surface area (TPSA) is 41.1 Å². The first kappa shape index (κ1) is 14.4. The highest BCUT2D eigenvalue weighted by Crippen LogP contribution is 2.34. The van der Waals surface area contributed by atoms with Gasteiger partial charge in [-0.3, -0.25) is 4.79 Å². The minimum atomic E-state index is -0.0807. The van der Waals surface area contributed by atoms with Gasteiger partial charge in [0.05, 0.1) is 16.8 Å². The summed E-state index contributed by atoms with van der Waals surface area (Å²) < 4.78 is 0.908. The molecule has 0 aromatic heterocycles. The second-order valence-corrected chi connectivity index (χ2v) is 7.04. The number of halogens is 2. The maximum Gasteiger partial charge on any atom is 0.241 e. The van der Waals surface area contributed by atoms with Crippen LogP contribution in [-0.2, 0) is 4.79 Å². The number of anilines is 1. The molecule has 5 heteroatoms. The van der Waals surface area contributed by atoms with E-state index in [4.69, 9.17) is 11.6 Å². The monoisotopic (exact) mass is 356 g/mol. The fourth-order valence-electron chi connectivity index (χ4n) is 3.33. The second-order valence-electron chi connectivity index (χ2n) is 5.72. The highest BCUT2D eigenvalue weighted by Gasteiger charge is 2.38. The molecule has 1 heterocycles. The fourth-order valence-corrected chi connectivity index (χ4v) is 4.05. The van der Waals surface area contributed by atoms with Crippen LogP contribution < -0.4 is 10.6 Å². The second kappa shape index (κ2) is 6.04. The van der Waals surface area contributed by atoms with Crippen LogP contribution >= 0.6 is 27.5 Å². The van der Waals surface area contributed by atoms with Gasteiger partial charge in [0.2, 0.25) is 5.91 Å². The van der Waals surface area contributed by atoms with Crippen LogP contribution in [0.5, 0.6) is 0 Å². The highest BCUT2D eigenvalue weighted by atomic mass is 79.9. The first-order valence-corrected chi connectivity index (χ1v) is 8.32. The number of carbonyl (C=O) groups is 1. The van der Waals surface area contributed by atoms with Crippen molar-refractivity contribution in [3.63, 3.8) is 0 Å². The van der Waals surface area contributed by atoms with Gasteiger partial charge in [0, 0.05) is 10.5 Å². The van der Waals surface area contributed by atoms with Crippen molar-refractivity contribution in [2.24, 2.45) is 5.92 Å². The van der Waals surface area contributed by atoms with E-state index in [9.17, 15) is 4.79 Å². The molecule has 2 N–H and O–H groups in total. The van der Waals surface area contributed by atoms with E-state index in [0.29, 0.717) is 22.7 Å². The van der Waals surface area contributed by atoms with Gasteiger partial charge in [-0.2, -0.15) is 0 Å². The number of hydrogen-bond acceptors (Lipinski definition) is 2. The maximum atomic E-state index is 12.4. The zero-order valence-corrected chi connectivity index (χ0v) is 13.5. The predicted octanol–water partition coefficient (Wildman–Crippen LogP) is 3.96. The molecule has 20 heavy (non-hydrogen) atoms. The van der Waals surface area contributed by atoms with E-state index in [1.807, 2.05) is 12.1 Å². The Morgan fingerprint density at radius 3 is 2.90 bits per heavy atom. The number of hydrogen-bond donors (Lipinski definition) is 2. The molecule has 3 unspecified atom stereocenters. The number of rotatable bonds is 2. The molecule has 1 aromatic carbocycles. The molecule has 3 nitrogen and oxygen atoms in total. The Bertz CT molecular complexity index is 509. The van der Waals surface area contributed by atoms with Crippen LogP contribution in [0.4, 0.5) is 5.69 Å². The normalized spacial score (nSPS) is 29.0. The third kappa shape index (κ3) is 3.02. The quantitative estimate of drug-likeness (QED) is 0.841. The lowest BCUT2D eigenvalue weighted by molar-refractivity contribution is -0.117. The standard InChI is InChI=1S/C15H18BrClN2O/c16-10-5-6-13(11(17)8-10)19-15(20)14-7-9-3-1-2-4-12(9)18-14/h5-6,8-9,12,14,18H,1-4,7H2,(H,19,20). The minimum absolute atomic E-state index is 0.0311. The molecule has 1 saturated heterocycles. The molecule has 2 aliphatic rings. The summed E-state index contributed by atoms with van der Waals surface area (Å²) in [7, 11) is 0. The van der Waals surface area contributed by atoms with E-state index in [-0.39, 0.29) is 11.9 Å². The van der Waals surface area contributed by atoms with Crippen molar-refractivity contribution in [3.05, 3.63) is 27.7 Å². The average Bonchev–Trinajstić information content (AvgIpc) is 2.86. The molecule has 0 spiro atoms. The molecule has 0 radical (unpaired) electrons. The van der Waals surface area contributed by atoms with Crippen molar-refractivity contribution in [1.82, 2.24) is 5.32 Å². The molecule has 3 atom stereocenters. The van der Waals surface area contributed by atoms with Crippen molar-refractivity contribution in [2.75, 3.05) is 5.32 Å². The Labute approximate surface area is 132 Å². The molecular formula is C15H18BrClN2O. The molecule has 1 aliphatic heterocycles. The maximum absolute atomic E-state index is 12.4. The Balaban J connectivity index is 1.65. The van der Waals surface area contributed by atoms with Gasteiger partial charge in [0.15, 0.2) is 0 Å². The summed E-state index contributed by atoms with van der Waals surface area (Å²) >= 11 is 9.50. The molecule has 2 fully saturated rings. The van der Waals surface area contributed by atoms with Crippen molar-refractivity contribution in [1.29, 1.82) is 0 Å². The van der Waals surface area contributed by atoms with Crippen molar-refractivity contribution >= 4 is 39.1 Å². The van der Waals surface area contributed by atoms with Gasteiger partial charge in [-0.25, -0.2) is 0 Å². The third-order valence-electron chi connectivity index (χ3n) is 4.37. The lowest BCUT2D eigenvalue weighted by Crippen LogP contribution is -2.39. The average molecular weight is 358 g/mol. The van der Waals surface area contributed by atoms with Gasteiger partial charge in [0.25, 0.3) is 0 Å². The summed E-state index contributed by atoms with van der Waals surface area (Å²) in [5, 5.41) is 6.97. The van der Waals surface area contributed by atoms with Crippen molar-refractivity contribution in [3.8, 4) is 0 Å². The first-order valence-electron chi connectivity index (χ1n) is 7.15. The summed E-state index contributed by atoms with van der Waals surface area (Å²) in [6.07, 6.45) is 5.98. The minimum Gasteiger partial charge on any atom is -0.323 e. The summed E-state index contributed by atoms with van der Waals surface area (Å²) in [6.45, 7) is 0. The summed E-state index contributed by atoms with van der Waals surface area (Å²) in [4.78, 5) is 12.4. The number of carbonyl (C=O) groups excluding carboxylic acids is 1. The van der Waals surface area contributed by atoms with Gasteiger partial charge in [-0.15, -0.1) is 0 Å². The first-order chi connectivity index (χ1) is 9.63. The van der Waals surface area contributed by atoms with E-state index in [1.54, 1.807) is 6.07 Å². The van der Waals surface area contributed by atoms with Gasteiger partial charge in [-0.05, 0) is 43.4 Å². The fraction of sp³-hybridized carbons (Fsp3) is 0.533. The van der Waals surface area contributed by atoms with Crippen LogP contribution in [0.2, 0.25) is 5.02 Å². The Morgan fingerprint density at radius 2 is 2.15 bits per heavy atom. The Kier molecular flexibility index (Phi) is 4.34. The van der Waals surface area contributed by atoms with E-state index in [0.717, 1.165) is 10.9 Å². The summed E-state index contributed by atoms with van der Waals surface area (Å²) in [6, 6.07) is 5.94. The van der Waals surface area contributed by atoms with Crippen LogP contribution in [-0.4, -0.2) is 18.0 Å². The van der Waals surface area contributed by atoms with E-state index >= 15 is 0 Å². The highest BCUT2D eigenvalue weighted by molar-refractivity contribution is 9.10. The smallest absolute Gasteiger partial charge is 0.241 e. The Morgan fingerprint density at radius 1 is 1.35 bits per heavy atom. The van der Waals surface area contributed by atoms with Gasteiger partial charge in [0.1, 0.15) is 0 Å². The zero-order valence-electron chi connectivity index (χ0n) is 11.2. The van der Waals surface area contributed by atoms with E-state index in [2.05, 4.69) is 26.6 Å². The lowest BCUT2D eigenvalue weighted by Gasteiger charge is -2.24. The van der Waals surface area contributed by atoms with Crippen LogP contribution in [0.1, 0.15) is 32.1 Å². The molecule has 3 rings (SSSR count).